The zero-order valence-electron chi connectivity index (χ0n) is 8.01. The van der Waals surface area contributed by atoms with Crippen LogP contribution in [0.5, 0.6) is 0 Å². The summed E-state index contributed by atoms with van der Waals surface area (Å²) in [7, 11) is 1.98. The second-order valence-corrected chi connectivity index (χ2v) is 3.08. The highest BCUT2D eigenvalue weighted by Gasteiger charge is 2.06. The molecule has 0 aliphatic heterocycles. The van der Waals surface area contributed by atoms with E-state index in [1.54, 1.807) is 0 Å². The van der Waals surface area contributed by atoms with E-state index in [2.05, 4.69) is 6.92 Å². The van der Waals surface area contributed by atoms with Gasteiger partial charge in [-0.3, -0.25) is 4.90 Å². The van der Waals surface area contributed by atoms with Gasteiger partial charge in [0.05, 0.1) is 0 Å². The second kappa shape index (κ2) is 6.62. The van der Waals surface area contributed by atoms with Crippen LogP contribution >= 0.6 is 0 Å². The SMILES string of the molecule is CCCCCN(C)C(O)CC. The van der Waals surface area contributed by atoms with Gasteiger partial charge in [0.1, 0.15) is 6.23 Å². The molecule has 0 bridgehead atoms. The van der Waals surface area contributed by atoms with Gasteiger partial charge in [0.2, 0.25) is 0 Å². The van der Waals surface area contributed by atoms with Crippen LogP contribution in [-0.2, 0) is 0 Å². The molecule has 2 nitrogen and oxygen atoms in total. The molecule has 0 aromatic carbocycles. The number of rotatable bonds is 6. The predicted octanol–water partition coefficient (Wildman–Crippen LogP) is 1.84. The van der Waals surface area contributed by atoms with Crippen LogP contribution in [-0.4, -0.2) is 29.8 Å². The van der Waals surface area contributed by atoms with Gasteiger partial charge in [-0.25, -0.2) is 0 Å². The minimum atomic E-state index is -0.244. The van der Waals surface area contributed by atoms with Gasteiger partial charge in [-0.2, -0.15) is 0 Å². The Labute approximate surface area is 70.2 Å². The predicted molar refractivity (Wildman–Crippen MR) is 48.5 cm³/mol. The highest BCUT2D eigenvalue weighted by molar-refractivity contribution is 4.54. The van der Waals surface area contributed by atoms with Crippen LogP contribution in [0.15, 0.2) is 0 Å². The summed E-state index contributed by atoms with van der Waals surface area (Å²) in [6, 6.07) is 0. The van der Waals surface area contributed by atoms with Gasteiger partial charge in [-0.1, -0.05) is 26.7 Å². The van der Waals surface area contributed by atoms with Gasteiger partial charge in [-0.05, 0) is 19.9 Å². The van der Waals surface area contributed by atoms with Crippen LogP contribution < -0.4 is 0 Å². The van der Waals surface area contributed by atoms with E-state index in [1.807, 2.05) is 18.9 Å². The molecule has 2 heteroatoms. The number of aliphatic hydroxyl groups is 1. The van der Waals surface area contributed by atoms with Crippen molar-refractivity contribution in [3.05, 3.63) is 0 Å². The lowest BCUT2D eigenvalue weighted by Gasteiger charge is -2.21. The molecule has 0 aliphatic rings. The molecule has 1 unspecified atom stereocenters. The normalized spacial score (nSPS) is 13.9. The molecule has 0 rings (SSSR count). The molecule has 68 valence electrons. The molecule has 0 aliphatic carbocycles. The molecule has 1 N–H and O–H groups in total. The topological polar surface area (TPSA) is 23.5 Å². The fraction of sp³-hybridized carbons (Fsp3) is 1.00. The first-order valence-electron chi connectivity index (χ1n) is 4.60. The third-order valence-electron chi connectivity index (χ3n) is 1.99. The highest BCUT2D eigenvalue weighted by Crippen LogP contribution is 2.01. The molecule has 0 amide bonds. The summed E-state index contributed by atoms with van der Waals surface area (Å²) < 4.78 is 0. The number of hydrogen-bond acceptors (Lipinski definition) is 2. The van der Waals surface area contributed by atoms with Crippen molar-refractivity contribution in [3.63, 3.8) is 0 Å². The molecular weight excluding hydrogens is 138 g/mol. The fourth-order valence-corrected chi connectivity index (χ4v) is 1.07. The number of aliphatic hydroxyl groups excluding tert-OH is 1. The lowest BCUT2D eigenvalue weighted by molar-refractivity contribution is 0.0187. The Morgan fingerprint density at radius 3 is 2.36 bits per heavy atom. The molecule has 0 aromatic heterocycles. The van der Waals surface area contributed by atoms with Crippen LogP contribution in [0, 0.1) is 0 Å². The van der Waals surface area contributed by atoms with Crippen molar-refractivity contribution >= 4 is 0 Å². The van der Waals surface area contributed by atoms with Crippen LogP contribution in [0.4, 0.5) is 0 Å². The van der Waals surface area contributed by atoms with E-state index in [4.69, 9.17) is 0 Å². The van der Waals surface area contributed by atoms with Gasteiger partial charge in [0.15, 0.2) is 0 Å². The van der Waals surface area contributed by atoms with Gasteiger partial charge >= 0.3 is 0 Å². The molecule has 0 heterocycles. The zero-order valence-corrected chi connectivity index (χ0v) is 8.01. The van der Waals surface area contributed by atoms with E-state index in [-0.39, 0.29) is 6.23 Å². The summed E-state index contributed by atoms with van der Waals surface area (Å²) >= 11 is 0. The Hall–Kier alpha value is -0.0800. The third kappa shape index (κ3) is 5.22. The van der Waals surface area contributed by atoms with Gasteiger partial charge in [0, 0.05) is 6.54 Å². The number of hydrogen-bond donors (Lipinski definition) is 1. The minimum absolute atomic E-state index is 0.244. The maximum atomic E-state index is 9.35. The van der Waals surface area contributed by atoms with E-state index in [9.17, 15) is 5.11 Å². The van der Waals surface area contributed by atoms with E-state index >= 15 is 0 Å². The molecular formula is C9H21NO. The maximum Gasteiger partial charge on any atom is 0.106 e. The monoisotopic (exact) mass is 159 g/mol. The van der Waals surface area contributed by atoms with Crippen LogP contribution in [0.1, 0.15) is 39.5 Å². The Kier molecular flexibility index (Phi) is 6.57. The average Bonchev–Trinajstić information content (AvgIpc) is 2.03. The molecule has 1 atom stereocenters. The average molecular weight is 159 g/mol. The van der Waals surface area contributed by atoms with Crippen LogP contribution in [0.25, 0.3) is 0 Å². The first-order chi connectivity index (χ1) is 5.22. The van der Waals surface area contributed by atoms with Crippen molar-refractivity contribution in [1.29, 1.82) is 0 Å². The zero-order chi connectivity index (χ0) is 8.69. The number of nitrogens with zero attached hydrogens (tertiary/aromatic N) is 1. The summed E-state index contributed by atoms with van der Waals surface area (Å²) in [6.07, 6.45) is 4.29. The lowest BCUT2D eigenvalue weighted by Crippen LogP contribution is -2.31. The van der Waals surface area contributed by atoms with Gasteiger partial charge < -0.3 is 5.11 Å². The van der Waals surface area contributed by atoms with Crippen molar-refractivity contribution in [2.24, 2.45) is 0 Å². The van der Waals surface area contributed by atoms with Crippen molar-refractivity contribution in [3.8, 4) is 0 Å². The Morgan fingerprint density at radius 2 is 1.91 bits per heavy atom. The van der Waals surface area contributed by atoms with E-state index in [0.29, 0.717) is 0 Å². The fourth-order valence-electron chi connectivity index (χ4n) is 1.07. The summed E-state index contributed by atoms with van der Waals surface area (Å²) in [5.41, 5.74) is 0. The summed E-state index contributed by atoms with van der Waals surface area (Å²) in [4.78, 5) is 2.01. The smallest absolute Gasteiger partial charge is 0.106 e. The summed E-state index contributed by atoms with van der Waals surface area (Å²) in [5, 5.41) is 9.35. The highest BCUT2D eigenvalue weighted by atomic mass is 16.3. The molecule has 0 fully saturated rings. The summed E-state index contributed by atoms with van der Waals surface area (Å²) in [6.45, 7) is 5.21. The Morgan fingerprint density at radius 1 is 1.27 bits per heavy atom. The quantitative estimate of drug-likeness (QED) is 0.472. The van der Waals surface area contributed by atoms with Gasteiger partial charge in [0.25, 0.3) is 0 Å². The first-order valence-corrected chi connectivity index (χ1v) is 4.60. The second-order valence-electron chi connectivity index (χ2n) is 3.08. The first kappa shape index (κ1) is 10.9. The van der Waals surface area contributed by atoms with Crippen molar-refractivity contribution in [2.45, 2.75) is 45.8 Å². The third-order valence-corrected chi connectivity index (χ3v) is 1.99. The molecule has 0 saturated heterocycles. The van der Waals surface area contributed by atoms with E-state index in [1.165, 1.54) is 19.3 Å². The number of unbranched alkanes of at least 4 members (excludes halogenated alkanes) is 2. The van der Waals surface area contributed by atoms with Crippen molar-refractivity contribution in [1.82, 2.24) is 4.90 Å². The standard InChI is InChI=1S/C9H21NO/c1-4-6-7-8-10(3)9(11)5-2/h9,11H,4-8H2,1-3H3. The maximum absolute atomic E-state index is 9.35. The van der Waals surface area contributed by atoms with Crippen molar-refractivity contribution in [2.75, 3.05) is 13.6 Å². The Balaban J connectivity index is 3.28. The summed E-state index contributed by atoms with van der Waals surface area (Å²) in [5.74, 6) is 0. The molecule has 0 saturated carbocycles. The van der Waals surface area contributed by atoms with E-state index < -0.39 is 0 Å². The largest absolute Gasteiger partial charge is 0.378 e. The molecule has 0 spiro atoms. The van der Waals surface area contributed by atoms with Crippen LogP contribution in [0.2, 0.25) is 0 Å². The Bertz CT molecular complexity index is 85.6. The van der Waals surface area contributed by atoms with Gasteiger partial charge in [-0.15, -0.1) is 0 Å². The molecule has 0 radical (unpaired) electrons. The van der Waals surface area contributed by atoms with E-state index in [0.717, 1.165) is 13.0 Å². The van der Waals surface area contributed by atoms with Crippen LogP contribution in [0.3, 0.4) is 0 Å². The molecule has 0 aromatic rings. The minimum Gasteiger partial charge on any atom is -0.378 e. The van der Waals surface area contributed by atoms with Crippen molar-refractivity contribution < 1.29 is 5.11 Å². The lowest BCUT2D eigenvalue weighted by atomic mass is 10.2. The molecule has 11 heavy (non-hydrogen) atoms.